The molecule has 2 aromatic heterocycles. The Balaban J connectivity index is 1.54. The van der Waals surface area contributed by atoms with Crippen molar-refractivity contribution < 1.29 is 19.4 Å². The van der Waals surface area contributed by atoms with E-state index < -0.39 is 6.09 Å². The van der Waals surface area contributed by atoms with E-state index in [-0.39, 0.29) is 19.1 Å². The van der Waals surface area contributed by atoms with Gasteiger partial charge in [0, 0.05) is 36.7 Å². The van der Waals surface area contributed by atoms with Crippen molar-refractivity contribution in [3.63, 3.8) is 0 Å². The number of benzene rings is 1. The van der Waals surface area contributed by atoms with Crippen molar-refractivity contribution in [2.75, 3.05) is 31.6 Å². The average Bonchev–Trinajstić information content (AvgIpc) is 3.09. The van der Waals surface area contributed by atoms with Crippen LogP contribution in [0.3, 0.4) is 0 Å². The van der Waals surface area contributed by atoms with Crippen molar-refractivity contribution in [3.05, 3.63) is 51.6 Å². The molecule has 1 aromatic carbocycles. The number of carbonyl (C=O) groups excluding carboxylic acids is 1. The van der Waals surface area contributed by atoms with Crippen molar-refractivity contribution in [2.45, 2.75) is 6.92 Å². The SMILES string of the molecule is Cc1cc(Nc2nccn3c(I)cnc23)ccc1C(=O)NCCOCCNC(=O)O. The third-order valence-corrected chi connectivity index (χ3v) is 4.97. The second-order valence-corrected chi connectivity index (χ2v) is 7.41. The molecule has 3 rings (SSSR count). The van der Waals surface area contributed by atoms with Gasteiger partial charge in [-0.25, -0.2) is 14.8 Å². The molecule has 0 aliphatic heterocycles. The molecule has 0 aliphatic rings. The molecule has 0 atom stereocenters. The molecule has 0 saturated heterocycles. The number of carbonyl (C=O) groups is 2. The quantitative estimate of drug-likeness (QED) is 0.250. The van der Waals surface area contributed by atoms with Crippen LogP contribution in [0.1, 0.15) is 15.9 Å². The van der Waals surface area contributed by atoms with Crippen molar-refractivity contribution in [1.82, 2.24) is 25.0 Å². The minimum Gasteiger partial charge on any atom is -0.465 e. The van der Waals surface area contributed by atoms with Gasteiger partial charge < -0.3 is 25.8 Å². The summed E-state index contributed by atoms with van der Waals surface area (Å²) in [6.45, 7) is 2.94. The average molecular weight is 524 g/mol. The maximum Gasteiger partial charge on any atom is 0.404 e. The largest absolute Gasteiger partial charge is 0.465 e. The van der Waals surface area contributed by atoms with E-state index in [1.807, 2.05) is 29.7 Å². The van der Waals surface area contributed by atoms with Gasteiger partial charge in [0.15, 0.2) is 11.5 Å². The van der Waals surface area contributed by atoms with Gasteiger partial charge >= 0.3 is 6.09 Å². The lowest BCUT2D eigenvalue weighted by Gasteiger charge is -2.11. The molecule has 0 unspecified atom stereocenters. The third-order valence-electron chi connectivity index (χ3n) is 4.17. The van der Waals surface area contributed by atoms with E-state index in [0.717, 1.165) is 20.6 Å². The number of ether oxygens (including phenoxy) is 1. The van der Waals surface area contributed by atoms with Crippen LogP contribution in [0.2, 0.25) is 0 Å². The normalized spacial score (nSPS) is 10.7. The van der Waals surface area contributed by atoms with Gasteiger partial charge in [0.25, 0.3) is 5.91 Å². The number of rotatable bonds is 9. The zero-order chi connectivity index (χ0) is 21.5. The van der Waals surface area contributed by atoms with Crippen LogP contribution in [0.4, 0.5) is 16.3 Å². The lowest BCUT2D eigenvalue weighted by atomic mass is 10.1. The standard InChI is InChI=1S/C19H21IN6O4/c1-12-10-13(25-16-17-24-11-15(20)26(17)7-4-21-16)2-3-14(12)18(27)22-5-8-30-9-6-23-19(28)29/h2-4,7,10-11,23H,5-6,8-9H2,1H3,(H,21,25)(H,22,27)(H,28,29). The highest BCUT2D eigenvalue weighted by Crippen LogP contribution is 2.22. The number of imidazole rings is 1. The molecule has 4 N–H and O–H groups in total. The molecule has 10 nitrogen and oxygen atoms in total. The van der Waals surface area contributed by atoms with Crippen molar-refractivity contribution in [1.29, 1.82) is 0 Å². The van der Waals surface area contributed by atoms with Gasteiger partial charge in [0.2, 0.25) is 0 Å². The van der Waals surface area contributed by atoms with Crippen LogP contribution in [0.15, 0.2) is 36.8 Å². The molecule has 0 fully saturated rings. The number of hydrogen-bond donors (Lipinski definition) is 4. The predicted octanol–water partition coefficient (Wildman–Crippen LogP) is 2.40. The highest BCUT2D eigenvalue weighted by atomic mass is 127. The Morgan fingerprint density at radius 3 is 2.70 bits per heavy atom. The number of carboxylic acid groups (broad SMARTS) is 1. The summed E-state index contributed by atoms with van der Waals surface area (Å²) in [5.41, 5.74) is 2.90. The second-order valence-electron chi connectivity index (χ2n) is 6.31. The zero-order valence-corrected chi connectivity index (χ0v) is 18.3. The van der Waals surface area contributed by atoms with Gasteiger partial charge in [-0.05, 0) is 53.3 Å². The number of fused-ring (bicyclic) bond motifs is 1. The molecule has 0 spiro atoms. The summed E-state index contributed by atoms with van der Waals surface area (Å²) in [6.07, 6.45) is 4.23. The smallest absolute Gasteiger partial charge is 0.404 e. The first-order chi connectivity index (χ1) is 14.5. The van der Waals surface area contributed by atoms with Crippen LogP contribution in [0, 0.1) is 10.6 Å². The monoisotopic (exact) mass is 524 g/mol. The van der Waals surface area contributed by atoms with Crippen LogP contribution in [0.25, 0.3) is 5.65 Å². The Morgan fingerprint density at radius 1 is 1.20 bits per heavy atom. The third kappa shape index (κ3) is 5.57. The number of halogens is 1. The zero-order valence-electron chi connectivity index (χ0n) is 16.2. The highest BCUT2D eigenvalue weighted by Gasteiger charge is 2.11. The summed E-state index contributed by atoms with van der Waals surface area (Å²) >= 11 is 2.21. The summed E-state index contributed by atoms with van der Waals surface area (Å²) in [7, 11) is 0. The predicted molar refractivity (Wildman–Crippen MR) is 119 cm³/mol. The van der Waals surface area contributed by atoms with E-state index in [0.29, 0.717) is 24.5 Å². The lowest BCUT2D eigenvalue weighted by molar-refractivity contribution is 0.0916. The van der Waals surface area contributed by atoms with E-state index in [1.54, 1.807) is 18.5 Å². The first-order valence-electron chi connectivity index (χ1n) is 9.13. The fraction of sp³-hybridized carbons (Fsp3) is 0.263. The molecule has 11 heteroatoms. The van der Waals surface area contributed by atoms with Crippen LogP contribution in [-0.2, 0) is 4.74 Å². The Kier molecular flexibility index (Phi) is 7.41. The maximum absolute atomic E-state index is 12.4. The molecule has 0 saturated carbocycles. The van der Waals surface area contributed by atoms with Crippen LogP contribution in [-0.4, -0.2) is 57.8 Å². The number of amides is 2. The van der Waals surface area contributed by atoms with Crippen molar-refractivity contribution in [2.24, 2.45) is 0 Å². The summed E-state index contributed by atoms with van der Waals surface area (Å²) in [4.78, 5) is 31.4. The first-order valence-corrected chi connectivity index (χ1v) is 10.2. The van der Waals surface area contributed by atoms with Crippen LogP contribution < -0.4 is 16.0 Å². The Hall–Kier alpha value is -2.93. The van der Waals surface area contributed by atoms with Crippen molar-refractivity contribution in [3.8, 4) is 0 Å². The first kappa shape index (κ1) is 21.8. The van der Waals surface area contributed by atoms with Gasteiger partial charge in [0.05, 0.1) is 19.4 Å². The van der Waals surface area contributed by atoms with Crippen LogP contribution in [0.5, 0.6) is 0 Å². The van der Waals surface area contributed by atoms with Crippen LogP contribution >= 0.6 is 22.6 Å². The molecule has 158 valence electrons. The number of nitrogens with zero attached hydrogens (tertiary/aromatic N) is 3. The van der Waals surface area contributed by atoms with Gasteiger partial charge in [-0.15, -0.1) is 0 Å². The van der Waals surface area contributed by atoms with Gasteiger partial charge in [-0.3, -0.25) is 9.20 Å². The Bertz CT molecular complexity index is 1050. The molecule has 3 aromatic rings. The molecule has 0 radical (unpaired) electrons. The number of nitrogens with one attached hydrogen (secondary N) is 3. The fourth-order valence-corrected chi connectivity index (χ4v) is 3.30. The summed E-state index contributed by atoms with van der Waals surface area (Å²) in [5.74, 6) is 0.431. The Morgan fingerprint density at radius 2 is 1.97 bits per heavy atom. The van der Waals surface area contributed by atoms with E-state index in [9.17, 15) is 9.59 Å². The summed E-state index contributed by atoms with van der Waals surface area (Å²) in [5, 5.41) is 16.7. The molecule has 30 heavy (non-hydrogen) atoms. The molecule has 0 bridgehead atoms. The van der Waals surface area contributed by atoms with Gasteiger partial charge in [-0.1, -0.05) is 0 Å². The molecular formula is C19H21IN6O4. The second kappa shape index (κ2) is 10.2. The molecular weight excluding hydrogens is 503 g/mol. The topological polar surface area (TPSA) is 130 Å². The lowest BCUT2D eigenvalue weighted by Crippen LogP contribution is -2.29. The summed E-state index contributed by atoms with van der Waals surface area (Å²) in [6, 6.07) is 5.44. The number of anilines is 2. The molecule has 2 amide bonds. The minimum absolute atomic E-state index is 0.200. The summed E-state index contributed by atoms with van der Waals surface area (Å²) < 4.78 is 8.18. The number of aromatic nitrogens is 3. The fourth-order valence-electron chi connectivity index (χ4n) is 2.77. The Labute approximate surface area is 186 Å². The number of hydrogen-bond acceptors (Lipinski definition) is 6. The highest BCUT2D eigenvalue weighted by molar-refractivity contribution is 14.1. The van der Waals surface area contributed by atoms with E-state index in [2.05, 4.69) is 48.5 Å². The number of aryl methyl sites for hydroxylation is 1. The minimum atomic E-state index is -1.09. The molecule has 0 aliphatic carbocycles. The van der Waals surface area contributed by atoms with Gasteiger partial charge in [-0.2, -0.15) is 0 Å². The van der Waals surface area contributed by atoms with E-state index in [4.69, 9.17) is 9.84 Å². The van der Waals surface area contributed by atoms with Crippen molar-refractivity contribution >= 4 is 51.7 Å². The van der Waals surface area contributed by atoms with E-state index in [1.165, 1.54) is 0 Å². The van der Waals surface area contributed by atoms with E-state index >= 15 is 0 Å². The maximum atomic E-state index is 12.4. The molecule has 2 heterocycles. The van der Waals surface area contributed by atoms with Gasteiger partial charge in [0.1, 0.15) is 3.70 Å².